The number of hydrogen-bond donors (Lipinski definition) is 7. The summed E-state index contributed by atoms with van der Waals surface area (Å²) in [4.78, 5) is 22.5. The molecule has 1 aliphatic heterocycles. The number of carboxylic acid groups (broad SMARTS) is 1. The number of amides is 1. The Balaban J connectivity index is 3.07. The first-order valence-electron chi connectivity index (χ1n) is 6.67. The lowest BCUT2D eigenvalue weighted by Crippen LogP contribution is -2.65. The number of aliphatic hydroxyl groups excluding tert-OH is 4. The van der Waals surface area contributed by atoms with Gasteiger partial charge in [0.25, 0.3) is 5.79 Å². The SMILES string of the molecule is C[C@@H]1CC(O)(C(=O)O)OC([C@H](O)[C@H](O)CO)[C@@H]1NC(=O)CO. The molecule has 10 nitrogen and oxygen atoms in total. The van der Waals surface area contributed by atoms with Gasteiger partial charge in [-0.1, -0.05) is 6.92 Å². The van der Waals surface area contributed by atoms with Crippen molar-refractivity contribution >= 4 is 11.9 Å². The number of nitrogens with one attached hydrogen (secondary N) is 1. The summed E-state index contributed by atoms with van der Waals surface area (Å²) < 4.78 is 4.99. The molecule has 2 unspecified atom stereocenters. The second-order valence-electron chi connectivity index (χ2n) is 5.35. The molecular formula is C12H21NO9. The zero-order chi connectivity index (χ0) is 17.1. The van der Waals surface area contributed by atoms with Crippen molar-refractivity contribution in [3.8, 4) is 0 Å². The van der Waals surface area contributed by atoms with E-state index in [4.69, 9.17) is 20.1 Å². The largest absolute Gasteiger partial charge is 0.477 e. The maximum atomic E-state index is 11.3. The number of carbonyl (C=O) groups is 2. The van der Waals surface area contributed by atoms with E-state index >= 15 is 0 Å². The van der Waals surface area contributed by atoms with Crippen LogP contribution >= 0.6 is 0 Å². The van der Waals surface area contributed by atoms with Gasteiger partial charge in [0.1, 0.15) is 24.9 Å². The Labute approximate surface area is 125 Å². The molecular weight excluding hydrogens is 302 g/mol. The predicted octanol–water partition coefficient (Wildman–Crippen LogP) is -3.62. The third-order valence-corrected chi connectivity index (χ3v) is 3.62. The molecule has 0 aliphatic carbocycles. The van der Waals surface area contributed by atoms with Crippen molar-refractivity contribution in [2.75, 3.05) is 13.2 Å². The Morgan fingerprint density at radius 2 is 1.95 bits per heavy atom. The molecule has 1 fully saturated rings. The van der Waals surface area contributed by atoms with Crippen molar-refractivity contribution in [1.29, 1.82) is 0 Å². The molecule has 10 heteroatoms. The van der Waals surface area contributed by atoms with Crippen molar-refractivity contribution in [2.24, 2.45) is 5.92 Å². The minimum Gasteiger partial charge on any atom is -0.477 e. The number of rotatable bonds is 6. The molecule has 0 saturated carbocycles. The summed E-state index contributed by atoms with van der Waals surface area (Å²) in [5.41, 5.74) is 0. The number of aliphatic carboxylic acids is 1. The minimum absolute atomic E-state index is 0.378. The van der Waals surface area contributed by atoms with Gasteiger partial charge in [-0.2, -0.15) is 0 Å². The summed E-state index contributed by atoms with van der Waals surface area (Å²) in [5.74, 6) is -5.73. The molecule has 22 heavy (non-hydrogen) atoms. The highest BCUT2D eigenvalue weighted by molar-refractivity contribution is 5.78. The number of ether oxygens (including phenoxy) is 1. The maximum Gasteiger partial charge on any atom is 0.364 e. The van der Waals surface area contributed by atoms with Gasteiger partial charge in [0.05, 0.1) is 12.6 Å². The van der Waals surface area contributed by atoms with Gasteiger partial charge in [0.15, 0.2) is 0 Å². The predicted molar refractivity (Wildman–Crippen MR) is 69.4 cm³/mol. The van der Waals surface area contributed by atoms with Gasteiger partial charge in [-0.3, -0.25) is 4.79 Å². The molecule has 1 aliphatic rings. The number of aliphatic hydroxyl groups is 5. The molecule has 0 aromatic carbocycles. The lowest BCUT2D eigenvalue weighted by Gasteiger charge is -2.45. The third-order valence-electron chi connectivity index (χ3n) is 3.62. The van der Waals surface area contributed by atoms with Crippen LogP contribution in [0.3, 0.4) is 0 Å². The Hall–Kier alpha value is -1.30. The van der Waals surface area contributed by atoms with Crippen molar-refractivity contribution in [1.82, 2.24) is 5.32 Å². The summed E-state index contributed by atoms with van der Waals surface area (Å²) in [6.07, 6.45) is -5.30. The lowest BCUT2D eigenvalue weighted by molar-refractivity contribution is -0.288. The van der Waals surface area contributed by atoms with Crippen molar-refractivity contribution in [3.05, 3.63) is 0 Å². The first kappa shape index (κ1) is 18.7. The van der Waals surface area contributed by atoms with Crippen LogP contribution in [-0.2, 0) is 14.3 Å². The zero-order valence-electron chi connectivity index (χ0n) is 11.9. The lowest BCUT2D eigenvalue weighted by atomic mass is 9.83. The standard InChI is InChI=1S/C12H21NO9/c1-5-2-12(21,11(19)20)22-10(9(18)6(16)3-14)8(5)13-7(17)4-15/h5-6,8-10,14-16,18,21H,2-4H2,1H3,(H,13,17)(H,19,20)/t5-,6-,8-,9-,10?,12?/m1/s1. The maximum absolute atomic E-state index is 11.3. The fraction of sp³-hybridized carbons (Fsp3) is 0.833. The van der Waals surface area contributed by atoms with Crippen LogP contribution in [0.2, 0.25) is 0 Å². The van der Waals surface area contributed by atoms with E-state index in [9.17, 15) is 24.9 Å². The van der Waals surface area contributed by atoms with E-state index < -0.39 is 61.1 Å². The van der Waals surface area contributed by atoms with Crippen LogP contribution in [-0.4, -0.2) is 85.9 Å². The number of carbonyl (C=O) groups excluding carboxylic acids is 1. The van der Waals surface area contributed by atoms with E-state index in [-0.39, 0.29) is 6.42 Å². The van der Waals surface area contributed by atoms with Crippen LogP contribution < -0.4 is 5.32 Å². The fourth-order valence-corrected chi connectivity index (χ4v) is 2.44. The van der Waals surface area contributed by atoms with E-state index in [1.807, 2.05) is 0 Å². The molecule has 1 saturated heterocycles. The van der Waals surface area contributed by atoms with Gasteiger partial charge >= 0.3 is 5.97 Å². The first-order valence-corrected chi connectivity index (χ1v) is 6.67. The molecule has 6 atom stereocenters. The quantitative estimate of drug-likeness (QED) is 0.260. The van der Waals surface area contributed by atoms with E-state index in [0.29, 0.717) is 0 Å². The highest BCUT2D eigenvalue weighted by Gasteiger charge is 2.52. The highest BCUT2D eigenvalue weighted by atomic mass is 16.7. The Kier molecular flexibility index (Phi) is 6.23. The van der Waals surface area contributed by atoms with E-state index in [1.54, 1.807) is 0 Å². The number of carboxylic acids is 1. The van der Waals surface area contributed by atoms with Crippen LogP contribution in [0.1, 0.15) is 13.3 Å². The molecule has 7 N–H and O–H groups in total. The molecule has 0 spiro atoms. The second-order valence-corrected chi connectivity index (χ2v) is 5.35. The smallest absolute Gasteiger partial charge is 0.364 e. The topological polar surface area (TPSA) is 177 Å². The van der Waals surface area contributed by atoms with Gasteiger partial charge in [-0.05, 0) is 5.92 Å². The van der Waals surface area contributed by atoms with Crippen LogP contribution in [0, 0.1) is 5.92 Å². The summed E-state index contributed by atoms with van der Waals surface area (Å²) >= 11 is 0. The zero-order valence-corrected chi connectivity index (χ0v) is 11.9. The molecule has 0 radical (unpaired) electrons. The second kappa shape index (κ2) is 7.31. The van der Waals surface area contributed by atoms with E-state index in [0.717, 1.165) is 0 Å². The third kappa shape index (κ3) is 3.91. The number of hydrogen-bond acceptors (Lipinski definition) is 8. The van der Waals surface area contributed by atoms with Crippen molar-refractivity contribution < 1.29 is 45.0 Å². The average molecular weight is 323 g/mol. The van der Waals surface area contributed by atoms with E-state index in [2.05, 4.69) is 5.32 Å². The summed E-state index contributed by atoms with van der Waals surface area (Å²) in [5, 5.41) is 58.5. The molecule has 1 amide bonds. The van der Waals surface area contributed by atoms with Gasteiger partial charge in [-0.15, -0.1) is 0 Å². The van der Waals surface area contributed by atoms with Crippen LogP contribution in [0.4, 0.5) is 0 Å². The Morgan fingerprint density at radius 1 is 1.36 bits per heavy atom. The normalized spacial score (nSPS) is 34.7. The van der Waals surface area contributed by atoms with Crippen molar-refractivity contribution in [3.63, 3.8) is 0 Å². The van der Waals surface area contributed by atoms with Gasteiger partial charge in [-0.25, -0.2) is 4.79 Å². The van der Waals surface area contributed by atoms with Gasteiger partial charge in [0, 0.05) is 6.42 Å². The Morgan fingerprint density at radius 3 is 2.41 bits per heavy atom. The van der Waals surface area contributed by atoms with Gasteiger partial charge < -0.3 is 40.7 Å². The first-order chi connectivity index (χ1) is 10.2. The van der Waals surface area contributed by atoms with E-state index in [1.165, 1.54) is 6.92 Å². The summed E-state index contributed by atoms with van der Waals surface area (Å²) in [7, 11) is 0. The van der Waals surface area contributed by atoms with Gasteiger partial charge in [0.2, 0.25) is 5.91 Å². The van der Waals surface area contributed by atoms with Crippen LogP contribution in [0.15, 0.2) is 0 Å². The van der Waals surface area contributed by atoms with Crippen LogP contribution in [0.25, 0.3) is 0 Å². The summed E-state index contributed by atoms with van der Waals surface area (Å²) in [6, 6.07) is -0.976. The summed E-state index contributed by atoms with van der Waals surface area (Å²) in [6.45, 7) is -0.164. The molecule has 0 aromatic heterocycles. The molecule has 0 aromatic rings. The monoisotopic (exact) mass is 323 g/mol. The molecule has 1 heterocycles. The minimum atomic E-state index is -2.60. The fourth-order valence-electron chi connectivity index (χ4n) is 2.44. The van der Waals surface area contributed by atoms with Crippen LogP contribution in [0.5, 0.6) is 0 Å². The Bertz CT molecular complexity index is 417. The highest BCUT2D eigenvalue weighted by Crippen LogP contribution is 2.33. The van der Waals surface area contributed by atoms with Crippen molar-refractivity contribution in [2.45, 2.75) is 43.5 Å². The average Bonchev–Trinajstić information content (AvgIpc) is 2.47. The molecule has 0 bridgehead atoms. The molecule has 1 rings (SSSR count). The molecule has 128 valence electrons.